The second-order valence-corrected chi connectivity index (χ2v) is 15.8. The lowest BCUT2D eigenvalue weighted by atomic mass is 10.2. The molecule has 0 saturated carbocycles. The topological polar surface area (TPSA) is 271 Å². The number of nitrogens with zero attached hydrogens (tertiary/aromatic N) is 10. The highest BCUT2D eigenvalue weighted by Crippen LogP contribution is 2.37. The largest absolute Gasteiger partial charge is 0.395 e. The molecule has 0 radical (unpaired) electrons. The van der Waals surface area contributed by atoms with Crippen molar-refractivity contribution in [3.05, 3.63) is 84.9 Å². The molecule has 5 rings (SSSR count). The molecule has 0 atom stereocenters. The third-order valence-electron chi connectivity index (χ3n) is 9.17. The number of aliphatic hydroxyl groups excluding tert-OH is 2. The summed E-state index contributed by atoms with van der Waals surface area (Å²) in [6.07, 6.45) is 0. The Morgan fingerprint density at radius 2 is 0.902 bits per heavy atom. The highest BCUT2D eigenvalue weighted by Gasteiger charge is 2.20. The first-order valence-corrected chi connectivity index (χ1v) is 22.1. The van der Waals surface area contributed by atoms with E-state index >= 15 is 0 Å². The first-order valence-electron chi connectivity index (χ1n) is 19.2. The van der Waals surface area contributed by atoms with Crippen LogP contribution in [0.15, 0.2) is 115 Å². The first kappa shape index (κ1) is 45.9. The molecular formula is C39H48N12O8S2. The van der Waals surface area contributed by atoms with Gasteiger partial charge in [0, 0.05) is 50.6 Å². The Kier molecular flexibility index (Phi) is 15.7. The van der Waals surface area contributed by atoms with E-state index in [4.69, 9.17) is 0 Å². The molecule has 4 aromatic carbocycles. The lowest BCUT2D eigenvalue weighted by Crippen LogP contribution is -2.31. The Morgan fingerprint density at radius 1 is 0.525 bits per heavy atom. The summed E-state index contributed by atoms with van der Waals surface area (Å²) in [5, 5.41) is 43.3. The number of hydrogen-bond acceptors (Lipinski definition) is 18. The van der Waals surface area contributed by atoms with Gasteiger partial charge in [-0.1, -0.05) is 24.3 Å². The van der Waals surface area contributed by atoms with Crippen molar-refractivity contribution in [3.8, 4) is 0 Å². The zero-order chi connectivity index (χ0) is 44.2. The summed E-state index contributed by atoms with van der Waals surface area (Å²) in [5.74, 6) is 0.0495. The summed E-state index contributed by atoms with van der Waals surface area (Å²) >= 11 is 0. The van der Waals surface area contributed by atoms with E-state index in [-0.39, 0.29) is 66.9 Å². The van der Waals surface area contributed by atoms with Gasteiger partial charge in [-0.15, -0.1) is 20.5 Å². The smallest absolute Gasteiger partial charge is 0.296 e. The third-order valence-corrected chi connectivity index (χ3v) is 11.0. The molecule has 0 aliphatic heterocycles. The Bertz CT molecular complexity index is 2400. The van der Waals surface area contributed by atoms with Gasteiger partial charge in [0.05, 0.1) is 24.6 Å². The van der Waals surface area contributed by atoms with Crippen molar-refractivity contribution in [1.29, 1.82) is 0 Å². The molecule has 0 saturated heterocycles. The fourth-order valence-corrected chi connectivity index (χ4v) is 7.38. The van der Waals surface area contributed by atoms with Crippen molar-refractivity contribution in [1.82, 2.24) is 15.0 Å². The molecule has 22 heteroatoms. The molecule has 0 aliphatic rings. The average molecular weight is 877 g/mol. The number of anilines is 7. The van der Waals surface area contributed by atoms with Crippen LogP contribution in [-0.2, 0) is 20.2 Å². The van der Waals surface area contributed by atoms with Crippen LogP contribution in [0.1, 0.15) is 27.7 Å². The lowest BCUT2D eigenvalue weighted by Gasteiger charge is -2.24. The van der Waals surface area contributed by atoms with E-state index in [1.54, 1.807) is 41.3 Å². The van der Waals surface area contributed by atoms with E-state index in [9.17, 15) is 36.2 Å². The maximum Gasteiger partial charge on any atom is 0.296 e. The summed E-state index contributed by atoms with van der Waals surface area (Å²) in [4.78, 5) is 18.8. The number of azo groups is 2. The van der Waals surface area contributed by atoms with Gasteiger partial charge in [0.25, 0.3) is 20.2 Å². The second-order valence-electron chi connectivity index (χ2n) is 13.0. The van der Waals surface area contributed by atoms with Crippen molar-refractivity contribution in [2.45, 2.75) is 37.5 Å². The fraction of sp³-hybridized carbons (Fsp3) is 0.308. The van der Waals surface area contributed by atoms with Crippen LogP contribution in [0.25, 0.3) is 0 Å². The van der Waals surface area contributed by atoms with E-state index in [1.165, 1.54) is 36.4 Å². The zero-order valence-corrected chi connectivity index (χ0v) is 35.6. The van der Waals surface area contributed by atoms with Crippen LogP contribution in [0.3, 0.4) is 0 Å². The van der Waals surface area contributed by atoms with Gasteiger partial charge >= 0.3 is 0 Å². The van der Waals surface area contributed by atoms with E-state index < -0.39 is 30.0 Å². The van der Waals surface area contributed by atoms with Crippen LogP contribution in [0.5, 0.6) is 0 Å². The van der Waals surface area contributed by atoms with E-state index in [0.29, 0.717) is 37.6 Å². The van der Waals surface area contributed by atoms with Crippen LogP contribution in [0.2, 0.25) is 0 Å². The molecule has 0 amide bonds. The first-order chi connectivity index (χ1) is 29.2. The summed E-state index contributed by atoms with van der Waals surface area (Å²) < 4.78 is 67.9. The van der Waals surface area contributed by atoms with Crippen molar-refractivity contribution >= 4 is 83.6 Å². The van der Waals surface area contributed by atoms with Gasteiger partial charge in [0.1, 0.15) is 32.5 Å². The summed E-state index contributed by atoms with van der Waals surface area (Å²) in [7, 11) is -9.23. The third kappa shape index (κ3) is 12.0. The number of hydrogen-bond donors (Lipinski definition) is 6. The molecule has 0 aliphatic carbocycles. The summed E-state index contributed by atoms with van der Waals surface area (Å²) in [5.41, 5.74) is 2.63. The van der Waals surface area contributed by atoms with Gasteiger partial charge in [-0.25, -0.2) is 0 Å². The second kappa shape index (κ2) is 20.9. The van der Waals surface area contributed by atoms with E-state index in [0.717, 1.165) is 11.4 Å². The van der Waals surface area contributed by atoms with Gasteiger partial charge in [-0.2, -0.15) is 31.8 Å². The number of nitrogens with one attached hydrogen (secondary N) is 2. The molecule has 1 aromatic heterocycles. The van der Waals surface area contributed by atoms with Crippen LogP contribution in [-0.4, -0.2) is 104 Å². The quantitative estimate of drug-likeness (QED) is 0.0315. The maximum absolute atomic E-state index is 12.1. The van der Waals surface area contributed by atoms with E-state index in [2.05, 4.69) is 55.8 Å². The van der Waals surface area contributed by atoms with Crippen molar-refractivity contribution in [2.75, 3.05) is 77.8 Å². The molecule has 324 valence electrons. The SMILES string of the molecule is CCN(CC)c1ccc(N=Nc2ccccc2S(=O)(=O)O)c(Nc2nc(Nc3cc(N(CC)CC)ccc3N=Nc3ccccc3S(=O)(=O)O)nc(N(CCO)CCO)n2)c1. The average Bonchev–Trinajstić information content (AvgIpc) is 3.23. The standard InChI is InChI=1S/C39H48N12O8S2/c1-5-49(6-2)27-17-19-29(45-47-31-13-9-11-15-35(31)60(54,55)56)33(25-27)40-37-42-38(44-39(43-37)51(21-23-52)22-24-53)41-34-26-28(50(7-3)8-4)18-20-30(34)46-48-32-14-10-12-16-36(32)61(57,58)59/h9-20,25-26,52-53H,5-8,21-24H2,1-4H3,(H,54,55,56)(H,57,58,59)(H2,40,41,42,43,44). The Hall–Kier alpha value is -6.17. The predicted octanol–water partition coefficient (Wildman–Crippen LogP) is 7.17. The molecule has 0 spiro atoms. The maximum atomic E-state index is 12.1. The predicted molar refractivity (Wildman–Crippen MR) is 234 cm³/mol. The molecule has 0 bridgehead atoms. The van der Waals surface area contributed by atoms with E-state index in [1.807, 2.05) is 39.8 Å². The van der Waals surface area contributed by atoms with Gasteiger partial charge in [-0.05, 0) is 88.4 Å². The van der Waals surface area contributed by atoms with Crippen LogP contribution >= 0.6 is 0 Å². The molecule has 1 heterocycles. The number of rotatable bonds is 21. The van der Waals surface area contributed by atoms with Crippen molar-refractivity contribution < 1.29 is 36.2 Å². The van der Waals surface area contributed by atoms with Gasteiger partial charge in [0.2, 0.25) is 17.8 Å². The van der Waals surface area contributed by atoms with Gasteiger partial charge in [0.15, 0.2) is 0 Å². The number of aromatic nitrogens is 3. The Labute approximate surface area is 354 Å². The molecule has 0 unspecified atom stereocenters. The normalized spacial score (nSPS) is 11.9. The Morgan fingerprint density at radius 3 is 1.26 bits per heavy atom. The monoisotopic (exact) mass is 876 g/mol. The zero-order valence-electron chi connectivity index (χ0n) is 34.0. The van der Waals surface area contributed by atoms with Gasteiger partial charge < -0.3 is 35.5 Å². The van der Waals surface area contributed by atoms with Crippen LogP contribution < -0.4 is 25.3 Å². The molecule has 5 aromatic rings. The summed E-state index contributed by atoms with van der Waals surface area (Å²) in [6, 6.07) is 21.8. The number of aliphatic hydroxyl groups is 2. The minimum atomic E-state index is -4.61. The van der Waals surface area contributed by atoms with Crippen LogP contribution in [0, 0.1) is 0 Å². The van der Waals surface area contributed by atoms with Crippen molar-refractivity contribution in [3.63, 3.8) is 0 Å². The van der Waals surface area contributed by atoms with Crippen LogP contribution in [0.4, 0.5) is 63.3 Å². The molecule has 6 N–H and O–H groups in total. The minimum absolute atomic E-state index is 0.00924. The summed E-state index contributed by atoms with van der Waals surface area (Å²) in [6.45, 7) is 10.2. The van der Waals surface area contributed by atoms with Crippen molar-refractivity contribution in [2.24, 2.45) is 20.5 Å². The highest BCUT2D eigenvalue weighted by molar-refractivity contribution is 7.86. The number of benzene rings is 4. The minimum Gasteiger partial charge on any atom is -0.395 e. The lowest BCUT2D eigenvalue weighted by molar-refractivity contribution is 0.280. The molecular weight excluding hydrogens is 829 g/mol. The molecule has 0 fully saturated rings. The highest BCUT2D eigenvalue weighted by atomic mass is 32.2. The van der Waals surface area contributed by atoms with Gasteiger partial charge in [-0.3, -0.25) is 9.11 Å². The molecule has 20 nitrogen and oxygen atoms in total. The molecule has 61 heavy (non-hydrogen) atoms. The fourth-order valence-electron chi connectivity index (χ4n) is 6.14. The Balaban J connectivity index is 1.66.